The van der Waals surface area contributed by atoms with Crippen LogP contribution in [-0.2, 0) is 21.7 Å². The van der Waals surface area contributed by atoms with Crippen LogP contribution in [0.4, 0.5) is 11.4 Å². The molecule has 5 heterocycles. The van der Waals surface area contributed by atoms with Crippen LogP contribution in [0, 0.1) is 0 Å². The minimum absolute atomic E-state index is 0.0220. The number of hydrogen-bond acceptors (Lipinski definition) is 3. The number of rotatable bonds is 1. The molecule has 0 saturated carbocycles. The van der Waals surface area contributed by atoms with E-state index < -0.39 is 0 Å². The second-order valence-corrected chi connectivity index (χ2v) is 24.6. The Balaban J connectivity index is 1.21. The van der Waals surface area contributed by atoms with E-state index in [9.17, 15) is 0 Å². The fraction of sp³-hybridized carbons (Fsp3) is 0.238. The van der Waals surface area contributed by atoms with Crippen LogP contribution in [0.15, 0.2) is 138 Å². The first kappa shape index (κ1) is 39.4. The maximum absolute atomic E-state index is 6.87. The highest BCUT2D eigenvalue weighted by Crippen LogP contribution is 2.60. The Morgan fingerprint density at radius 2 is 1.28 bits per heavy atom. The van der Waals surface area contributed by atoms with Gasteiger partial charge in [0.15, 0.2) is 0 Å². The van der Waals surface area contributed by atoms with E-state index in [1.165, 1.54) is 126 Å². The number of aromatic nitrogens is 1. The Morgan fingerprint density at radius 3 is 2.06 bits per heavy atom. The van der Waals surface area contributed by atoms with Crippen LogP contribution in [0.25, 0.3) is 91.9 Å². The van der Waals surface area contributed by atoms with Crippen molar-refractivity contribution in [2.24, 2.45) is 0 Å². The van der Waals surface area contributed by atoms with E-state index in [2.05, 4.69) is 205 Å². The van der Waals surface area contributed by atoms with E-state index in [-0.39, 0.29) is 28.5 Å². The van der Waals surface area contributed by atoms with Gasteiger partial charge in [0.1, 0.15) is 11.2 Å². The number of anilines is 2. The molecule has 0 radical (unpaired) electrons. The van der Waals surface area contributed by atoms with E-state index >= 15 is 0 Å². The standard InChI is InChI=1S/C63H53BN2OS/c1-60(2,3)34-22-24-35(25-23-34)66-48-30-40-37-17-12-15-21-52(37)68-53(40)31-42(48)55-54-38-18-10-13-19-43(38)63(8,9)57(54)56-41-28-44-45(62(6,7)27-26-61(44,4)5)32-47(41)65-49-33-51-39(36-16-11-14-20-50(36)67-51)29-46(49)64(66)58(55)59(56)65/h10-25,28-33H,26-27H2,1-9H3. The van der Waals surface area contributed by atoms with Crippen molar-refractivity contribution in [3.05, 3.63) is 161 Å². The predicted molar refractivity (Wildman–Crippen MR) is 292 cm³/mol. The molecule has 11 aromatic rings. The molecule has 4 aliphatic rings. The fourth-order valence-electron chi connectivity index (χ4n) is 13.8. The van der Waals surface area contributed by atoms with E-state index in [1.54, 1.807) is 0 Å². The Labute approximate surface area is 402 Å². The Kier molecular flexibility index (Phi) is 7.28. The normalized spacial score (nSPS) is 17.1. The first-order valence-electron chi connectivity index (χ1n) is 24.7. The van der Waals surface area contributed by atoms with Crippen LogP contribution >= 0.6 is 11.3 Å². The lowest BCUT2D eigenvalue weighted by Crippen LogP contribution is -2.60. The third-order valence-electron chi connectivity index (χ3n) is 17.3. The monoisotopic (exact) mass is 896 g/mol. The van der Waals surface area contributed by atoms with Crippen LogP contribution < -0.4 is 15.7 Å². The zero-order valence-corrected chi connectivity index (χ0v) is 41.2. The van der Waals surface area contributed by atoms with Gasteiger partial charge in [0.25, 0.3) is 0 Å². The first-order chi connectivity index (χ1) is 32.6. The van der Waals surface area contributed by atoms with Gasteiger partial charge in [-0.1, -0.05) is 141 Å². The molecule has 0 fully saturated rings. The summed E-state index contributed by atoms with van der Waals surface area (Å²) in [6, 6.07) is 51.9. The average molecular weight is 897 g/mol. The minimum atomic E-state index is -0.259. The number of furan rings is 1. The predicted octanol–water partition coefficient (Wildman–Crippen LogP) is 16.2. The number of thiophene rings is 1. The van der Waals surface area contributed by atoms with Gasteiger partial charge in [0, 0.05) is 75.8 Å². The summed E-state index contributed by atoms with van der Waals surface area (Å²) in [7, 11) is 0. The Morgan fingerprint density at radius 1 is 0.574 bits per heavy atom. The van der Waals surface area contributed by atoms with Crippen LogP contribution in [0.1, 0.15) is 103 Å². The second-order valence-electron chi connectivity index (χ2n) is 23.5. The molecule has 5 heteroatoms. The molecule has 330 valence electrons. The zero-order valence-electron chi connectivity index (χ0n) is 40.4. The molecule has 2 aliphatic carbocycles. The molecule has 3 nitrogen and oxygen atoms in total. The van der Waals surface area contributed by atoms with E-state index in [1.807, 2.05) is 11.3 Å². The molecule has 0 bridgehead atoms. The van der Waals surface area contributed by atoms with Crippen molar-refractivity contribution in [2.75, 3.05) is 4.81 Å². The van der Waals surface area contributed by atoms with E-state index in [4.69, 9.17) is 4.42 Å². The summed E-state index contributed by atoms with van der Waals surface area (Å²) in [4.78, 5) is 2.74. The zero-order chi connectivity index (χ0) is 46.1. The van der Waals surface area contributed by atoms with Crippen LogP contribution in [0.2, 0.25) is 0 Å². The van der Waals surface area contributed by atoms with E-state index in [0.29, 0.717) is 0 Å². The summed E-state index contributed by atoms with van der Waals surface area (Å²) in [5, 5.41) is 7.74. The van der Waals surface area contributed by atoms with Gasteiger partial charge in [0.2, 0.25) is 0 Å². The summed E-state index contributed by atoms with van der Waals surface area (Å²) >= 11 is 1.93. The fourth-order valence-corrected chi connectivity index (χ4v) is 14.9. The van der Waals surface area contributed by atoms with Crippen LogP contribution in [0.5, 0.6) is 0 Å². The summed E-state index contributed by atoms with van der Waals surface area (Å²) in [6.45, 7) is 21.7. The van der Waals surface area contributed by atoms with Crippen molar-refractivity contribution in [3.8, 4) is 27.9 Å². The molecule has 3 aromatic heterocycles. The molecule has 0 saturated heterocycles. The number of hydrogen-bond donors (Lipinski definition) is 0. The minimum Gasteiger partial charge on any atom is -0.456 e. The van der Waals surface area contributed by atoms with Crippen molar-refractivity contribution in [2.45, 2.75) is 96.8 Å². The average Bonchev–Trinajstić information content (AvgIpc) is 4.04. The SMILES string of the molecule is CC(C)(C)c1ccc(N2B3c4cc5c(cc4-n4c6cc7c(cc6c6c8c(c(c3c64)-c3cc4sc6ccccc6c4cc32)-c2ccccc2C8(C)C)C(C)(C)CCC7(C)C)oc2ccccc25)cc1. The van der Waals surface area contributed by atoms with Crippen molar-refractivity contribution < 1.29 is 4.42 Å². The molecule has 2 aliphatic heterocycles. The van der Waals surface area contributed by atoms with Crippen molar-refractivity contribution in [1.82, 2.24) is 4.57 Å². The smallest absolute Gasteiger partial charge is 0.333 e. The van der Waals surface area contributed by atoms with Gasteiger partial charge < -0.3 is 13.8 Å². The quantitative estimate of drug-likeness (QED) is 0.153. The number of para-hydroxylation sites is 1. The first-order valence-corrected chi connectivity index (χ1v) is 25.6. The second kappa shape index (κ2) is 12.6. The van der Waals surface area contributed by atoms with Crippen LogP contribution in [0.3, 0.4) is 0 Å². The highest BCUT2D eigenvalue weighted by atomic mass is 32.1. The number of fused-ring (bicyclic) bond motifs is 20. The third kappa shape index (κ3) is 4.81. The molecule has 15 rings (SSSR count). The lowest BCUT2D eigenvalue weighted by atomic mass is 9.43. The van der Waals surface area contributed by atoms with Gasteiger partial charge in [0.05, 0.1) is 11.0 Å². The lowest BCUT2D eigenvalue weighted by molar-refractivity contribution is 0.332. The number of benzene rings is 8. The number of nitrogens with zero attached hydrogens (tertiary/aromatic N) is 2. The van der Waals surface area contributed by atoms with Gasteiger partial charge in [-0.3, -0.25) is 0 Å². The molecule has 0 amide bonds. The van der Waals surface area contributed by atoms with Gasteiger partial charge in [-0.15, -0.1) is 11.3 Å². The molecule has 68 heavy (non-hydrogen) atoms. The molecule has 0 unspecified atom stereocenters. The lowest BCUT2D eigenvalue weighted by Gasteiger charge is -2.43. The summed E-state index contributed by atoms with van der Waals surface area (Å²) in [6.07, 6.45) is 2.33. The van der Waals surface area contributed by atoms with Gasteiger partial charge in [-0.2, -0.15) is 0 Å². The summed E-state index contributed by atoms with van der Waals surface area (Å²) < 4.78 is 12.2. The molecule has 0 N–H and O–H groups in total. The van der Waals surface area contributed by atoms with Gasteiger partial charge in [-0.25, -0.2) is 0 Å². The van der Waals surface area contributed by atoms with Crippen LogP contribution in [-0.4, -0.2) is 11.4 Å². The largest absolute Gasteiger partial charge is 0.456 e. The molecular formula is C63H53BN2OS. The molecule has 8 aromatic carbocycles. The highest BCUT2D eigenvalue weighted by molar-refractivity contribution is 7.25. The molecule has 0 atom stereocenters. The van der Waals surface area contributed by atoms with Crippen molar-refractivity contribution in [1.29, 1.82) is 0 Å². The van der Waals surface area contributed by atoms with Gasteiger partial charge >= 0.3 is 6.85 Å². The molecular weight excluding hydrogens is 844 g/mol. The Hall–Kier alpha value is -6.56. The molecule has 0 spiro atoms. The maximum atomic E-state index is 6.87. The summed E-state index contributed by atoms with van der Waals surface area (Å²) in [5.41, 5.74) is 23.4. The van der Waals surface area contributed by atoms with Gasteiger partial charge in [-0.05, 0) is 133 Å². The van der Waals surface area contributed by atoms with Crippen molar-refractivity contribution >= 4 is 104 Å². The maximum Gasteiger partial charge on any atom is 0.333 e. The van der Waals surface area contributed by atoms with Crippen molar-refractivity contribution in [3.63, 3.8) is 0 Å². The topological polar surface area (TPSA) is 21.3 Å². The third-order valence-corrected chi connectivity index (χ3v) is 18.5. The summed E-state index contributed by atoms with van der Waals surface area (Å²) in [5.74, 6) is 0. The highest BCUT2D eigenvalue weighted by Gasteiger charge is 2.51. The van der Waals surface area contributed by atoms with E-state index in [0.717, 1.165) is 28.4 Å². The Bertz CT molecular complexity index is 4110.